The Morgan fingerprint density at radius 3 is 2.35 bits per heavy atom. The van der Waals surface area contributed by atoms with Crippen LogP contribution in [-0.4, -0.2) is 0 Å². The van der Waals surface area contributed by atoms with E-state index in [-0.39, 0.29) is 5.41 Å². The third kappa shape index (κ3) is 2.32. The zero-order chi connectivity index (χ0) is 20.7. The zero-order valence-corrected chi connectivity index (χ0v) is 17.9. The first-order valence-corrected chi connectivity index (χ1v) is 11.3. The van der Waals surface area contributed by atoms with Gasteiger partial charge in [0.2, 0.25) is 0 Å². The van der Waals surface area contributed by atoms with Crippen molar-refractivity contribution in [2.24, 2.45) is 0 Å². The highest BCUT2D eigenvalue weighted by Gasteiger charge is 2.39. The summed E-state index contributed by atoms with van der Waals surface area (Å²) >= 11 is 0. The van der Waals surface area contributed by atoms with Crippen LogP contribution in [0.2, 0.25) is 0 Å². The Balaban J connectivity index is 1.64. The van der Waals surface area contributed by atoms with Gasteiger partial charge < -0.3 is 4.42 Å². The summed E-state index contributed by atoms with van der Waals surface area (Å²) in [7, 11) is 0. The minimum absolute atomic E-state index is 0.0361. The van der Waals surface area contributed by atoms with E-state index in [1.54, 1.807) is 0 Å². The summed E-state index contributed by atoms with van der Waals surface area (Å²) in [5.74, 6) is 0.763. The second-order valence-electron chi connectivity index (χ2n) is 9.72. The zero-order valence-electron chi connectivity index (χ0n) is 17.9. The van der Waals surface area contributed by atoms with Crippen LogP contribution in [0.3, 0.4) is 0 Å². The summed E-state index contributed by atoms with van der Waals surface area (Å²) in [6, 6.07) is 28.8. The van der Waals surface area contributed by atoms with Crippen LogP contribution < -0.4 is 0 Å². The minimum Gasteiger partial charge on any atom is -0.455 e. The van der Waals surface area contributed by atoms with E-state index in [4.69, 9.17) is 4.42 Å². The van der Waals surface area contributed by atoms with Gasteiger partial charge >= 0.3 is 0 Å². The summed E-state index contributed by atoms with van der Waals surface area (Å²) in [6.45, 7) is 4.77. The molecule has 1 fully saturated rings. The van der Waals surface area contributed by atoms with E-state index < -0.39 is 0 Å². The van der Waals surface area contributed by atoms with E-state index in [9.17, 15) is 0 Å². The summed E-state index contributed by atoms with van der Waals surface area (Å²) < 4.78 is 6.52. The fourth-order valence-electron chi connectivity index (χ4n) is 5.62. The SMILES string of the molecule is CC1(C)c2cc(C3CC3)ccc2-c2c1cc(-c1ccccc1)c1oc3ccccc3c21. The monoisotopic (exact) mass is 400 g/mol. The van der Waals surface area contributed by atoms with Crippen molar-refractivity contribution in [1.82, 2.24) is 0 Å². The summed E-state index contributed by atoms with van der Waals surface area (Å²) in [5.41, 5.74) is 11.4. The summed E-state index contributed by atoms with van der Waals surface area (Å²) in [6.07, 6.45) is 2.67. The van der Waals surface area contributed by atoms with Gasteiger partial charge in [-0.25, -0.2) is 0 Å². The number of hydrogen-bond acceptors (Lipinski definition) is 1. The van der Waals surface area contributed by atoms with E-state index >= 15 is 0 Å². The second-order valence-corrected chi connectivity index (χ2v) is 9.72. The number of hydrogen-bond donors (Lipinski definition) is 0. The van der Waals surface area contributed by atoms with Crippen molar-refractivity contribution in [2.75, 3.05) is 0 Å². The third-order valence-corrected chi connectivity index (χ3v) is 7.44. The predicted octanol–water partition coefficient (Wildman–Crippen LogP) is 8.44. The molecule has 1 heteroatoms. The van der Waals surface area contributed by atoms with Gasteiger partial charge in [0.05, 0.1) is 0 Å². The van der Waals surface area contributed by atoms with Gasteiger partial charge in [0.25, 0.3) is 0 Å². The maximum atomic E-state index is 6.52. The molecule has 2 aliphatic rings. The smallest absolute Gasteiger partial charge is 0.143 e. The van der Waals surface area contributed by atoms with Crippen molar-refractivity contribution in [3.63, 3.8) is 0 Å². The van der Waals surface area contributed by atoms with E-state index in [0.29, 0.717) is 0 Å². The van der Waals surface area contributed by atoms with E-state index in [0.717, 1.165) is 17.1 Å². The molecule has 0 amide bonds. The highest BCUT2D eigenvalue weighted by atomic mass is 16.3. The Hall–Kier alpha value is -3.32. The summed E-state index contributed by atoms with van der Waals surface area (Å²) in [5, 5.41) is 2.47. The van der Waals surface area contributed by atoms with E-state index in [1.165, 1.54) is 62.6 Å². The quantitative estimate of drug-likeness (QED) is 0.290. The van der Waals surface area contributed by atoms with Crippen LogP contribution in [0.1, 0.15) is 49.3 Å². The third-order valence-electron chi connectivity index (χ3n) is 7.44. The second kappa shape index (κ2) is 5.88. The molecule has 0 bridgehead atoms. The lowest BCUT2D eigenvalue weighted by molar-refractivity contribution is 0.656. The topological polar surface area (TPSA) is 13.1 Å². The number of furan rings is 1. The Labute approximate surface area is 182 Å². The number of benzene rings is 4. The molecule has 2 aliphatic carbocycles. The summed E-state index contributed by atoms with van der Waals surface area (Å²) in [4.78, 5) is 0. The largest absolute Gasteiger partial charge is 0.455 e. The number of rotatable bonds is 2. The van der Waals surface area contributed by atoms with Crippen molar-refractivity contribution < 1.29 is 4.42 Å². The molecular weight excluding hydrogens is 376 g/mol. The maximum Gasteiger partial charge on any atom is 0.143 e. The standard InChI is InChI=1S/C30H24O/c1-30(2)24-16-20(18-12-13-18)14-15-21(24)27-25(30)17-23(19-8-4-3-5-9-19)29-28(27)22-10-6-7-11-26(22)31-29/h3-11,14-18H,12-13H2,1-2H3. The highest BCUT2D eigenvalue weighted by Crippen LogP contribution is 2.56. The van der Waals surface area contributed by atoms with Gasteiger partial charge in [0.1, 0.15) is 11.2 Å². The molecule has 4 aromatic carbocycles. The molecule has 0 N–H and O–H groups in total. The van der Waals surface area contributed by atoms with Crippen LogP contribution in [0, 0.1) is 0 Å². The first kappa shape index (κ1) is 17.4. The molecule has 1 saturated carbocycles. The van der Waals surface area contributed by atoms with E-state index in [1.807, 2.05) is 0 Å². The van der Waals surface area contributed by atoms with Crippen molar-refractivity contribution in [1.29, 1.82) is 0 Å². The van der Waals surface area contributed by atoms with Crippen LogP contribution in [0.15, 0.2) is 83.3 Å². The Bertz CT molecular complexity index is 1500. The van der Waals surface area contributed by atoms with Gasteiger partial charge in [0, 0.05) is 21.8 Å². The lowest BCUT2D eigenvalue weighted by Crippen LogP contribution is -2.15. The van der Waals surface area contributed by atoms with Crippen molar-refractivity contribution in [3.05, 3.63) is 95.6 Å². The van der Waals surface area contributed by atoms with Crippen LogP contribution in [-0.2, 0) is 5.41 Å². The molecule has 0 atom stereocenters. The van der Waals surface area contributed by atoms with Crippen LogP contribution in [0.4, 0.5) is 0 Å². The van der Waals surface area contributed by atoms with Gasteiger partial charge in [-0.05, 0) is 64.3 Å². The molecule has 31 heavy (non-hydrogen) atoms. The fourth-order valence-corrected chi connectivity index (χ4v) is 5.62. The first-order valence-electron chi connectivity index (χ1n) is 11.3. The highest BCUT2D eigenvalue weighted by molar-refractivity contribution is 6.18. The molecular formula is C30H24O. The predicted molar refractivity (Wildman–Crippen MR) is 129 cm³/mol. The van der Waals surface area contributed by atoms with E-state index in [2.05, 4.69) is 92.7 Å². The van der Waals surface area contributed by atoms with Crippen molar-refractivity contribution >= 4 is 21.9 Å². The molecule has 5 aromatic rings. The van der Waals surface area contributed by atoms with Crippen LogP contribution >= 0.6 is 0 Å². The molecule has 1 aromatic heterocycles. The van der Waals surface area contributed by atoms with Crippen molar-refractivity contribution in [3.8, 4) is 22.3 Å². The molecule has 1 heterocycles. The van der Waals surface area contributed by atoms with Gasteiger partial charge in [-0.1, -0.05) is 80.6 Å². The molecule has 0 spiro atoms. The van der Waals surface area contributed by atoms with Gasteiger partial charge in [-0.3, -0.25) is 0 Å². The van der Waals surface area contributed by atoms with Gasteiger partial charge in [0.15, 0.2) is 0 Å². The Morgan fingerprint density at radius 2 is 1.55 bits per heavy atom. The normalized spacial score (nSPS) is 16.6. The molecule has 0 radical (unpaired) electrons. The number of para-hydroxylation sites is 1. The molecule has 0 aliphatic heterocycles. The fraction of sp³-hybridized carbons (Fsp3) is 0.200. The minimum atomic E-state index is -0.0361. The Morgan fingerprint density at radius 1 is 0.774 bits per heavy atom. The number of fused-ring (bicyclic) bond motifs is 7. The van der Waals surface area contributed by atoms with Crippen molar-refractivity contribution in [2.45, 2.75) is 38.0 Å². The molecule has 0 saturated heterocycles. The van der Waals surface area contributed by atoms with Crippen LogP contribution in [0.25, 0.3) is 44.2 Å². The van der Waals surface area contributed by atoms with Gasteiger partial charge in [-0.15, -0.1) is 0 Å². The average Bonchev–Trinajstić information content (AvgIpc) is 3.54. The molecule has 7 rings (SSSR count). The first-order chi connectivity index (χ1) is 15.1. The average molecular weight is 401 g/mol. The lowest BCUT2D eigenvalue weighted by atomic mass is 9.80. The lowest BCUT2D eigenvalue weighted by Gasteiger charge is -2.23. The van der Waals surface area contributed by atoms with Crippen LogP contribution in [0.5, 0.6) is 0 Å². The molecule has 0 unspecified atom stereocenters. The molecule has 1 nitrogen and oxygen atoms in total. The molecule has 150 valence electrons. The Kier molecular flexibility index (Phi) is 3.30. The maximum absolute atomic E-state index is 6.52. The van der Waals surface area contributed by atoms with Gasteiger partial charge in [-0.2, -0.15) is 0 Å².